The lowest BCUT2D eigenvalue weighted by molar-refractivity contribution is -0.132. The van der Waals surface area contributed by atoms with E-state index in [0.717, 1.165) is 18.4 Å². The molecule has 0 atom stereocenters. The molecule has 3 rings (SSSR count). The van der Waals surface area contributed by atoms with Gasteiger partial charge in [0.2, 0.25) is 17.6 Å². The van der Waals surface area contributed by atoms with Crippen LogP contribution in [-0.2, 0) is 11.3 Å². The fourth-order valence-electron chi connectivity index (χ4n) is 3.50. The summed E-state index contributed by atoms with van der Waals surface area (Å²) in [7, 11) is 4.95. The fraction of sp³-hybridized carbons (Fsp3) is 0.550. The number of amides is 1. The predicted molar refractivity (Wildman–Crippen MR) is 101 cm³/mol. The minimum atomic E-state index is 0.132. The van der Waals surface area contributed by atoms with Crippen LogP contribution in [0.5, 0.6) is 11.5 Å². The Morgan fingerprint density at radius 2 is 1.93 bits per heavy atom. The van der Waals surface area contributed by atoms with E-state index >= 15 is 0 Å². The van der Waals surface area contributed by atoms with Crippen molar-refractivity contribution in [2.45, 2.75) is 45.1 Å². The van der Waals surface area contributed by atoms with E-state index < -0.39 is 0 Å². The van der Waals surface area contributed by atoms with E-state index in [-0.39, 0.29) is 5.91 Å². The largest absolute Gasteiger partial charge is 0.493 e. The lowest BCUT2D eigenvalue weighted by Crippen LogP contribution is -2.28. The lowest BCUT2D eigenvalue weighted by atomic mass is 9.87. The summed E-state index contributed by atoms with van der Waals surface area (Å²) in [5.74, 6) is 2.75. The van der Waals surface area contributed by atoms with Crippen molar-refractivity contribution in [2.75, 3.05) is 21.3 Å². The fourth-order valence-corrected chi connectivity index (χ4v) is 3.50. The normalized spacial score (nSPS) is 14.8. The van der Waals surface area contributed by atoms with Crippen LogP contribution >= 0.6 is 0 Å². The minimum Gasteiger partial charge on any atom is -0.493 e. The Morgan fingerprint density at radius 1 is 1.19 bits per heavy atom. The molecule has 0 N–H and O–H groups in total. The molecule has 1 aromatic heterocycles. The van der Waals surface area contributed by atoms with Crippen LogP contribution in [0.15, 0.2) is 22.7 Å². The quantitative estimate of drug-likeness (QED) is 0.737. The first-order valence-electron chi connectivity index (χ1n) is 9.39. The summed E-state index contributed by atoms with van der Waals surface area (Å²) in [6.07, 6.45) is 6.68. The molecule has 0 radical (unpaired) electrons. The van der Waals surface area contributed by atoms with Gasteiger partial charge in [0.15, 0.2) is 11.5 Å². The highest BCUT2D eigenvalue weighted by molar-refractivity contribution is 5.76. The van der Waals surface area contributed by atoms with Gasteiger partial charge in [0.05, 0.1) is 20.8 Å². The second-order valence-corrected chi connectivity index (χ2v) is 7.04. The highest BCUT2D eigenvalue weighted by Gasteiger charge is 2.21. The third-order valence-electron chi connectivity index (χ3n) is 5.10. The van der Waals surface area contributed by atoms with Crippen molar-refractivity contribution in [3.8, 4) is 22.9 Å². The van der Waals surface area contributed by atoms with Crippen molar-refractivity contribution in [1.29, 1.82) is 0 Å². The molecule has 0 bridgehead atoms. The topological polar surface area (TPSA) is 77.7 Å². The van der Waals surface area contributed by atoms with Gasteiger partial charge in [0, 0.05) is 19.0 Å². The summed E-state index contributed by atoms with van der Waals surface area (Å²) in [5, 5.41) is 4.02. The van der Waals surface area contributed by atoms with Crippen LogP contribution in [0.2, 0.25) is 0 Å². The molecule has 0 aliphatic heterocycles. The molecule has 146 valence electrons. The number of nitrogens with zero attached hydrogens (tertiary/aromatic N) is 3. The number of ether oxygens (including phenoxy) is 2. The number of carbonyl (C=O) groups is 1. The highest BCUT2D eigenvalue weighted by Crippen LogP contribution is 2.31. The van der Waals surface area contributed by atoms with Crippen molar-refractivity contribution in [3.05, 3.63) is 24.1 Å². The van der Waals surface area contributed by atoms with Crippen molar-refractivity contribution in [3.63, 3.8) is 0 Å². The van der Waals surface area contributed by atoms with Crippen LogP contribution in [0, 0.1) is 5.92 Å². The SMILES string of the molecule is COc1ccc(-c2noc(CN(C)C(=O)CC3CCCCC3)n2)cc1OC. The summed E-state index contributed by atoms with van der Waals surface area (Å²) in [6, 6.07) is 5.43. The lowest BCUT2D eigenvalue weighted by Gasteiger charge is -2.23. The van der Waals surface area contributed by atoms with E-state index in [2.05, 4.69) is 10.1 Å². The molecule has 0 spiro atoms. The standard InChI is InChI=1S/C20H27N3O4/c1-23(19(24)11-14-7-5-4-6-8-14)13-18-21-20(22-27-18)15-9-10-16(25-2)17(12-15)26-3/h9-10,12,14H,4-8,11,13H2,1-3H3. The third-order valence-corrected chi connectivity index (χ3v) is 5.10. The number of carbonyl (C=O) groups excluding carboxylic acids is 1. The van der Waals surface area contributed by atoms with Crippen LogP contribution in [-0.4, -0.2) is 42.2 Å². The monoisotopic (exact) mass is 373 g/mol. The zero-order chi connectivity index (χ0) is 19.2. The number of hydrogen-bond acceptors (Lipinski definition) is 6. The Morgan fingerprint density at radius 3 is 2.63 bits per heavy atom. The molecule has 7 nitrogen and oxygen atoms in total. The van der Waals surface area contributed by atoms with Gasteiger partial charge in [-0.15, -0.1) is 0 Å². The van der Waals surface area contributed by atoms with Crippen molar-refractivity contribution < 1.29 is 18.8 Å². The Kier molecular flexibility index (Phi) is 6.32. The highest BCUT2D eigenvalue weighted by atomic mass is 16.5. The second kappa shape index (κ2) is 8.88. The molecule has 7 heteroatoms. The average Bonchev–Trinajstić information content (AvgIpc) is 3.16. The zero-order valence-corrected chi connectivity index (χ0v) is 16.2. The van der Waals surface area contributed by atoms with Crippen LogP contribution in [0.1, 0.15) is 44.4 Å². The summed E-state index contributed by atoms with van der Waals surface area (Å²) < 4.78 is 15.9. The molecule has 1 aliphatic rings. The third kappa shape index (κ3) is 4.78. The van der Waals surface area contributed by atoms with E-state index in [1.165, 1.54) is 19.3 Å². The van der Waals surface area contributed by atoms with E-state index in [9.17, 15) is 4.79 Å². The van der Waals surface area contributed by atoms with Crippen LogP contribution in [0.3, 0.4) is 0 Å². The van der Waals surface area contributed by atoms with Crippen LogP contribution in [0.25, 0.3) is 11.4 Å². The maximum atomic E-state index is 12.5. The molecule has 1 aliphatic carbocycles. The Balaban J connectivity index is 1.62. The molecule has 1 heterocycles. The predicted octanol–water partition coefficient (Wildman–Crippen LogP) is 3.68. The average molecular weight is 373 g/mol. The summed E-state index contributed by atoms with van der Waals surface area (Å²) in [6.45, 7) is 0.311. The van der Waals surface area contributed by atoms with Gasteiger partial charge in [0.25, 0.3) is 0 Å². The van der Waals surface area contributed by atoms with Gasteiger partial charge in [-0.25, -0.2) is 0 Å². The molecular formula is C20H27N3O4. The maximum Gasteiger partial charge on any atom is 0.246 e. The first kappa shape index (κ1) is 19.2. The smallest absolute Gasteiger partial charge is 0.246 e. The summed E-state index contributed by atoms with van der Waals surface area (Å²) in [5.41, 5.74) is 0.763. The van der Waals surface area contributed by atoms with Gasteiger partial charge in [-0.1, -0.05) is 24.4 Å². The number of methoxy groups -OCH3 is 2. The first-order chi connectivity index (χ1) is 13.1. The van der Waals surface area contributed by atoms with Gasteiger partial charge in [-0.2, -0.15) is 4.98 Å². The molecule has 1 saturated carbocycles. The molecule has 27 heavy (non-hydrogen) atoms. The number of aromatic nitrogens is 2. The molecule has 1 aromatic carbocycles. The molecule has 0 unspecified atom stereocenters. The van der Waals surface area contributed by atoms with Crippen molar-refractivity contribution in [2.24, 2.45) is 5.92 Å². The van der Waals surface area contributed by atoms with Gasteiger partial charge in [-0.05, 0) is 37.0 Å². The summed E-state index contributed by atoms with van der Waals surface area (Å²) >= 11 is 0. The van der Waals surface area contributed by atoms with E-state index in [1.54, 1.807) is 38.3 Å². The minimum absolute atomic E-state index is 0.132. The number of rotatable bonds is 7. The van der Waals surface area contributed by atoms with Gasteiger partial charge >= 0.3 is 0 Å². The first-order valence-corrected chi connectivity index (χ1v) is 9.39. The van der Waals surface area contributed by atoms with E-state index in [1.807, 2.05) is 6.07 Å². The molecular weight excluding hydrogens is 346 g/mol. The van der Waals surface area contributed by atoms with Crippen LogP contribution in [0.4, 0.5) is 0 Å². The Bertz CT molecular complexity index is 768. The van der Waals surface area contributed by atoms with Crippen molar-refractivity contribution in [1.82, 2.24) is 15.0 Å². The molecule has 0 saturated heterocycles. The van der Waals surface area contributed by atoms with E-state index in [0.29, 0.717) is 42.1 Å². The van der Waals surface area contributed by atoms with Gasteiger partial charge in [-0.3, -0.25) is 4.79 Å². The molecule has 1 fully saturated rings. The number of hydrogen-bond donors (Lipinski definition) is 0. The van der Waals surface area contributed by atoms with Crippen molar-refractivity contribution >= 4 is 5.91 Å². The van der Waals surface area contributed by atoms with Gasteiger partial charge < -0.3 is 18.9 Å². The van der Waals surface area contributed by atoms with Gasteiger partial charge in [0.1, 0.15) is 0 Å². The molecule has 1 amide bonds. The Labute approximate surface area is 159 Å². The van der Waals surface area contributed by atoms with E-state index in [4.69, 9.17) is 14.0 Å². The zero-order valence-electron chi connectivity index (χ0n) is 16.2. The second-order valence-electron chi connectivity index (χ2n) is 7.04. The van der Waals surface area contributed by atoms with Crippen LogP contribution < -0.4 is 9.47 Å². The molecule has 2 aromatic rings. The Hall–Kier alpha value is -2.57. The maximum absolute atomic E-state index is 12.5. The summed E-state index contributed by atoms with van der Waals surface area (Å²) in [4.78, 5) is 18.5. The number of benzene rings is 1.